The minimum atomic E-state index is 0.466. The van der Waals surface area contributed by atoms with Gasteiger partial charge in [-0.05, 0) is 25.0 Å². The van der Waals surface area contributed by atoms with Gasteiger partial charge in [0.2, 0.25) is 0 Å². The minimum absolute atomic E-state index is 0.466. The summed E-state index contributed by atoms with van der Waals surface area (Å²) in [5.41, 5.74) is 2.18. The average molecular weight is 307 g/mol. The highest BCUT2D eigenvalue weighted by Gasteiger charge is 2.20. The van der Waals surface area contributed by atoms with Gasteiger partial charge in [0.15, 0.2) is 0 Å². The van der Waals surface area contributed by atoms with Gasteiger partial charge in [-0.15, -0.1) is 11.6 Å². The topological polar surface area (TPSA) is 27.1 Å². The molecule has 0 saturated heterocycles. The first-order valence-electron chi connectivity index (χ1n) is 7.94. The second-order valence-corrected chi connectivity index (χ2v) is 6.15. The van der Waals surface area contributed by atoms with Crippen LogP contribution in [0.15, 0.2) is 18.2 Å². The summed E-state index contributed by atoms with van der Waals surface area (Å²) >= 11 is 6.15. The molecule has 3 nitrogen and oxygen atoms in total. The molecule has 114 valence electrons. The van der Waals surface area contributed by atoms with Crippen molar-refractivity contribution in [1.82, 2.24) is 9.55 Å². The molecule has 3 rings (SSSR count). The highest BCUT2D eigenvalue weighted by atomic mass is 35.5. The highest BCUT2D eigenvalue weighted by Crippen LogP contribution is 2.32. The molecule has 1 fully saturated rings. The van der Waals surface area contributed by atoms with Gasteiger partial charge in [-0.3, -0.25) is 0 Å². The Morgan fingerprint density at radius 2 is 1.90 bits per heavy atom. The van der Waals surface area contributed by atoms with Gasteiger partial charge < -0.3 is 9.30 Å². The third-order valence-electron chi connectivity index (χ3n) is 4.53. The average Bonchev–Trinajstić information content (AvgIpc) is 2.84. The van der Waals surface area contributed by atoms with Crippen LogP contribution in [0.25, 0.3) is 11.0 Å². The number of fused-ring (bicyclic) bond motifs is 1. The molecule has 0 amide bonds. The quantitative estimate of drug-likeness (QED) is 0.740. The van der Waals surface area contributed by atoms with Crippen molar-refractivity contribution in [3.8, 4) is 5.75 Å². The van der Waals surface area contributed by atoms with E-state index in [4.69, 9.17) is 21.3 Å². The Morgan fingerprint density at radius 1 is 1.19 bits per heavy atom. The number of methoxy groups -OCH3 is 1. The molecular formula is C17H23ClN2O. The summed E-state index contributed by atoms with van der Waals surface area (Å²) in [6.07, 6.45) is 9.14. The van der Waals surface area contributed by atoms with E-state index in [0.717, 1.165) is 22.6 Å². The van der Waals surface area contributed by atoms with Crippen molar-refractivity contribution >= 4 is 22.6 Å². The Morgan fingerprint density at radius 3 is 2.57 bits per heavy atom. The van der Waals surface area contributed by atoms with Crippen molar-refractivity contribution < 1.29 is 4.74 Å². The van der Waals surface area contributed by atoms with Crippen molar-refractivity contribution in [2.45, 2.75) is 56.9 Å². The van der Waals surface area contributed by atoms with E-state index in [2.05, 4.69) is 10.6 Å². The summed E-state index contributed by atoms with van der Waals surface area (Å²) in [6, 6.07) is 6.62. The Balaban J connectivity index is 2.04. The second-order valence-electron chi connectivity index (χ2n) is 5.89. The monoisotopic (exact) mass is 306 g/mol. The van der Waals surface area contributed by atoms with E-state index in [1.54, 1.807) is 7.11 Å². The van der Waals surface area contributed by atoms with Crippen LogP contribution in [0.4, 0.5) is 0 Å². The first-order valence-corrected chi connectivity index (χ1v) is 8.47. The van der Waals surface area contributed by atoms with Gasteiger partial charge in [0.1, 0.15) is 11.6 Å². The number of hydrogen-bond acceptors (Lipinski definition) is 2. The first kappa shape index (κ1) is 14.7. The molecule has 0 spiro atoms. The number of imidazole rings is 1. The fourth-order valence-electron chi connectivity index (χ4n) is 3.44. The van der Waals surface area contributed by atoms with Gasteiger partial charge >= 0.3 is 0 Å². The predicted octanol–water partition coefficient (Wildman–Crippen LogP) is 5.07. The summed E-state index contributed by atoms with van der Waals surface area (Å²) < 4.78 is 7.75. The fourth-order valence-corrected chi connectivity index (χ4v) is 3.63. The Bertz CT molecular complexity index is 600. The summed E-state index contributed by atoms with van der Waals surface area (Å²) in [5.74, 6) is 2.34. The Labute approximate surface area is 131 Å². The maximum absolute atomic E-state index is 6.15. The molecule has 0 bridgehead atoms. The SMILES string of the molecule is COc1ccc2nc(CCl)n(C3CCCCCCC3)c2c1. The Hall–Kier alpha value is -1.22. The van der Waals surface area contributed by atoms with E-state index in [0.29, 0.717) is 11.9 Å². The zero-order valence-electron chi connectivity index (χ0n) is 12.6. The lowest BCUT2D eigenvalue weighted by Crippen LogP contribution is -2.13. The van der Waals surface area contributed by atoms with Gasteiger partial charge in [0.05, 0.1) is 24.0 Å². The van der Waals surface area contributed by atoms with Crippen molar-refractivity contribution in [3.63, 3.8) is 0 Å². The lowest BCUT2D eigenvalue weighted by molar-refractivity contribution is 0.372. The molecule has 1 saturated carbocycles. The minimum Gasteiger partial charge on any atom is -0.497 e. The molecule has 0 radical (unpaired) electrons. The highest BCUT2D eigenvalue weighted by molar-refractivity contribution is 6.16. The molecule has 1 aromatic heterocycles. The largest absolute Gasteiger partial charge is 0.497 e. The van der Waals surface area contributed by atoms with Crippen LogP contribution in [0.5, 0.6) is 5.75 Å². The van der Waals surface area contributed by atoms with Crippen molar-refractivity contribution in [2.75, 3.05) is 7.11 Å². The number of aromatic nitrogens is 2. The van der Waals surface area contributed by atoms with Gasteiger partial charge in [-0.2, -0.15) is 0 Å². The second kappa shape index (κ2) is 6.69. The molecule has 1 aromatic carbocycles. The van der Waals surface area contributed by atoms with Crippen LogP contribution in [-0.4, -0.2) is 16.7 Å². The van der Waals surface area contributed by atoms with Gasteiger partial charge in [0, 0.05) is 12.1 Å². The van der Waals surface area contributed by atoms with E-state index in [1.807, 2.05) is 12.1 Å². The number of alkyl halides is 1. The molecule has 1 heterocycles. The zero-order chi connectivity index (χ0) is 14.7. The lowest BCUT2D eigenvalue weighted by Gasteiger charge is -2.23. The molecule has 0 atom stereocenters. The number of halogens is 1. The smallest absolute Gasteiger partial charge is 0.125 e. The third-order valence-corrected chi connectivity index (χ3v) is 4.77. The van der Waals surface area contributed by atoms with E-state index in [1.165, 1.54) is 44.9 Å². The molecule has 1 aliphatic rings. The van der Waals surface area contributed by atoms with E-state index < -0.39 is 0 Å². The van der Waals surface area contributed by atoms with Crippen LogP contribution in [0.1, 0.15) is 56.8 Å². The first-order chi connectivity index (χ1) is 10.3. The molecule has 1 aliphatic carbocycles. The summed E-state index contributed by atoms with van der Waals surface area (Å²) in [6.45, 7) is 0. The molecule has 0 aliphatic heterocycles. The molecule has 0 unspecified atom stereocenters. The third kappa shape index (κ3) is 3.03. The van der Waals surface area contributed by atoms with Crippen LogP contribution < -0.4 is 4.74 Å². The van der Waals surface area contributed by atoms with Crippen molar-refractivity contribution in [2.24, 2.45) is 0 Å². The standard InChI is InChI=1S/C17H23ClN2O/c1-21-14-9-10-15-16(11-14)20(17(12-18)19-15)13-7-5-3-2-4-6-8-13/h9-11,13H,2-8,12H2,1H3. The predicted molar refractivity (Wildman–Crippen MR) is 87.2 cm³/mol. The van der Waals surface area contributed by atoms with Crippen molar-refractivity contribution in [3.05, 3.63) is 24.0 Å². The lowest BCUT2D eigenvalue weighted by atomic mass is 9.96. The van der Waals surface area contributed by atoms with Gasteiger partial charge in [0.25, 0.3) is 0 Å². The van der Waals surface area contributed by atoms with Crippen molar-refractivity contribution in [1.29, 1.82) is 0 Å². The van der Waals surface area contributed by atoms with Crippen LogP contribution in [0, 0.1) is 0 Å². The number of ether oxygens (including phenoxy) is 1. The normalized spacial score (nSPS) is 17.6. The van der Waals surface area contributed by atoms with Crippen LogP contribution in [0.3, 0.4) is 0 Å². The summed E-state index contributed by atoms with van der Waals surface area (Å²) in [5, 5.41) is 0. The Kier molecular flexibility index (Phi) is 4.69. The van der Waals surface area contributed by atoms with E-state index >= 15 is 0 Å². The molecule has 0 N–H and O–H groups in total. The summed E-state index contributed by atoms with van der Waals surface area (Å²) in [4.78, 5) is 4.71. The number of nitrogens with zero attached hydrogens (tertiary/aromatic N) is 2. The number of benzene rings is 1. The number of rotatable bonds is 3. The van der Waals surface area contributed by atoms with Gasteiger partial charge in [-0.1, -0.05) is 32.1 Å². The van der Waals surface area contributed by atoms with E-state index in [9.17, 15) is 0 Å². The van der Waals surface area contributed by atoms with Crippen LogP contribution >= 0.6 is 11.6 Å². The molecule has 2 aromatic rings. The van der Waals surface area contributed by atoms with Crippen LogP contribution in [-0.2, 0) is 5.88 Å². The number of hydrogen-bond donors (Lipinski definition) is 0. The molecule has 21 heavy (non-hydrogen) atoms. The van der Waals surface area contributed by atoms with E-state index in [-0.39, 0.29) is 0 Å². The maximum Gasteiger partial charge on any atom is 0.125 e. The van der Waals surface area contributed by atoms with Crippen LogP contribution in [0.2, 0.25) is 0 Å². The molecular weight excluding hydrogens is 284 g/mol. The molecule has 4 heteroatoms. The maximum atomic E-state index is 6.15. The summed E-state index contributed by atoms with van der Waals surface area (Å²) in [7, 11) is 1.71. The fraction of sp³-hybridized carbons (Fsp3) is 0.588. The van der Waals surface area contributed by atoms with Gasteiger partial charge in [-0.25, -0.2) is 4.98 Å². The zero-order valence-corrected chi connectivity index (χ0v) is 13.4.